The van der Waals surface area contributed by atoms with Crippen molar-refractivity contribution < 1.29 is 42.3 Å². The third-order valence-corrected chi connectivity index (χ3v) is 5.27. The average Bonchev–Trinajstić information content (AvgIpc) is 2.85. The van der Waals surface area contributed by atoms with E-state index in [-0.39, 0.29) is 9.03 Å². The van der Waals surface area contributed by atoms with Crippen LogP contribution in [0.1, 0.15) is 30.6 Å². The summed E-state index contributed by atoms with van der Waals surface area (Å²) in [7, 11) is -0.0129. The average molecular weight is 526 g/mol. The molecule has 0 heterocycles. The fraction of sp³-hybridized carbons (Fsp3) is 0.269. The van der Waals surface area contributed by atoms with E-state index in [1.54, 1.807) is 30.3 Å². The Bertz CT molecular complexity index is 934. The molecule has 3 N–H and O–H groups in total. The molecule has 3 atom stereocenters. The van der Waals surface area contributed by atoms with E-state index in [9.17, 15) is 18.0 Å². The third-order valence-electron chi connectivity index (χ3n) is 4.63. The number of hydrogen-bond donors (Lipinski definition) is 3. The van der Waals surface area contributed by atoms with Crippen molar-refractivity contribution in [1.82, 2.24) is 0 Å². The van der Waals surface area contributed by atoms with Crippen LogP contribution < -0.4 is 9.05 Å². The molecule has 0 aromatic heterocycles. The first kappa shape index (κ1) is 30.9. The zero-order chi connectivity index (χ0) is 27.0. The highest BCUT2D eigenvalue weighted by molar-refractivity contribution is 7.27. The summed E-state index contributed by atoms with van der Waals surface area (Å²) in [5, 5.41) is 26.2. The molecule has 36 heavy (non-hydrogen) atoms. The Kier molecular flexibility index (Phi) is 14.2. The van der Waals surface area contributed by atoms with Crippen molar-refractivity contribution >= 4 is 15.0 Å². The molecule has 0 fully saturated rings. The normalized spacial score (nSPS) is 13.0. The van der Waals surface area contributed by atoms with Crippen molar-refractivity contribution in [3.63, 3.8) is 0 Å². The second-order valence-corrected chi connectivity index (χ2v) is 8.15. The van der Waals surface area contributed by atoms with E-state index < -0.39 is 36.7 Å². The molecule has 0 aliphatic rings. The molecule has 0 radical (unpaired) electrons. The standard InChI is InChI=1S/C12H11O2P.C7H13F3O2.C7H6O2/c1-3-7-11(8-4-1)13-15-14-12-9-5-2-6-10-12;1-4(5(2)11)6(12)3-7(8,9)10;8-7(9)6-4-2-1-3-5-6/h1-10,15H;4-6,11-12H,3H2,1-2H3;1-5H,(H,8,9). The first-order valence-corrected chi connectivity index (χ1v) is 11.7. The van der Waals surface area contributed by atoms with Gasteiger partial charge in [0.2, 0.25) is 0 Å². The minimum Gasteiger partial charge on any atom is -0.478 e. The predicted molar refractivity (Wildman–Crippen MR) is 133 cm³/mol. The van der Waals surface area contributed by atoms with Crippen LogP contribution >= 0.6 is 9.03 Å². The van der Waals surface area contributed by atoms with Crippen LogP contribution in [0.4, 0.5) is 13.2 Å². The zero-order valence-electron chi connectivity index (χ0n) is 19.8. The summed E-state index contributed by atoms with van der Waals surface area (Å²) in [5.41, 5.74) is 0.331. The van der Waals surface area contributed by atoms with Crippen LogP contribution in [-0.4, -0.2) is 39.7 Å². The maximum Gasteiger partial charge on any atom is 0.391 e. The summed E-state index contributed by atoms with van der Waals surface area (Å²) < 4.78 is 45.9. The number of halogens is 3. The Morgan fingerprint density at radius 2 is 1.19 bits per heavy atom. The number of benzene rings is 3. The smallest absolute Gasteiger partial charge is 0.391 e. The van der Waals surface area contributed by atoms with Gasteiger partial charge >= 0.3 is 12.1 Å². The van der Waals surface area contributed by atoms with E-state index in [1.165, 1.54) is 13.8 Å². The fourth-order valence-corrected chi connectivity index (χ4v) is 2.93. The lowest BCUT2D eigenvalue weighted by molar-refractivity contribution is -0.162. The molecule has 0 saturated carbocycles. The van der Waals surface area contributed by atoms with E-state index >= 15 is 0 Å². The first-order chi connectivity index (χ1) is 17.0. The Morgan fingerprint density at radius 1 is 0.806 bits per heavy atom. The molecule has 0 aliphatic heterocycles. The summed E-state index contributed by atoms with van der Waals surface area (Å²) in [5.74, 6) is 0.0146. The Hall–Kier alpha value is -3.13. The molecule has 3 unspecified atom stereocenters. The van der Waals surface area contributed by atoms with Crippen LogP contribution in [0.25, 0.3) is 0 Å². The zero-order valence-corrected chi connectivity index (χ0v) is 20.8. The van der Waals surface area contributed by atoms with Crippen molar-refractivity contribution in [3.05, 3.63) is 96.6 Å². The molecule has 6 nitrogen and oxygen atoms in total. The molecular formula is C26H30F3O6P. The van der Waals surface area contributed by atoms with Crippen LogP contribution in [0.3, 0.4) is 0 Å². The molecule has 0 spiro atoms. The van der Waals surface area contributed by atoms with Gasteiger partial charge in [0.1, 0.15) is 11.5 Å². The van der Waals surface area contributed by atoms with Gasteiger partial charge in [-0.3, -0.25) is 0 Å². The lowest BCUT2D eigenvalue weighted by Crippen LogP contribution is -2.31. The number of aromatic carboxylic acids is 1. The second-order valence-electron chi connectivity index (χ2n) is 7.57. The molecular weight excluding hydrogens is 496 g/mol. The van der Waals surface area contributed by atoms with Gasteiger partial charge in [0.25, 0.3) is 9.03 Å². The minimum absolute atomic E-state index is 0.0129. The van der Waals surface area contributed by atoms with Crippen LogP contribution in [-0.2, 0) is 0 Å². The van der Waals surface area contributed by atoms with Crippen LogP contribution in [0, 0.1) is 5.92 Å². The predicted octanol–water partition coefficient (Wildman–Crippen LogP) is 6.35. The Morgan fingerprint density at radius 3 is 1.50 bits per heavy atom. The van der Waals surface area contributed by atoms with Gasteiger partial charge < -0.3 is 24.4 Å². The van der Waals surface area contributed by atoms with Crippen LogP contribution in [0.2, 0.25) is 0 Å². The molecule has 3 aromatic rings. The highest BCUT2D eigenvalue weighted by Crippen LogP contribution is 2.26. The van der Waals surface area contributed by atoms with E-state index in [0.29, 0.717) is 5.56 Å². The molecule has 0 amide bonds. The van der Waals surface area contributed by atoms with Crippen LogP contribution in [0.5, 0.6) is 11.5 Å². The number of para-hydroxylation sites is 2. The Balaban J connectivity index is 0.000000280. The highest BCUT2D eigenvalue weighted by Gasteiger charge is 2.34. The van der Waals surface area contributed by atoms with Gasteiger partial charge in [-0.1, -0.05) is 61.5 Å². The van der Waals surface area contributed by atoms with Crippen LogP contribution in [0.15, 0.2) is 91.0 Å². The summed E-state index contributed by atoms with van der Waals surface area (Å²) in [6.45, 7) is 2.73. The molecule has 0 saturated heterocycles. The number of rotatable bonds is 8. The van der Waals surface area contributed by atoms with Gasteiger partial charge in [-0.25, -0.2) is 4.79 Å². The van der Waals surface area contributed by atoms with E-state index in [2.05, 4.69) is 0 Å². The van der Waals surface area contributed by atoms with Crippen molar-refractivity contribution in [1.29, 1.82) is 0 Å². The maximum absolute atomic E-state index is 11.7. The number of carboxylic acids is 1. The molecule has 0 aliphatic carbocycles. The summed E-state index contributed by atoms with van der Waals surface area (Å²) in [6, 6.07) is 27.5. The van der Waals surface area contributed by atoms with E-state index in [0.717, 1.165) is 11.5 Å². The number of alkyl halides is 3. The van der Waals surface area contributed by atoms with E-state index in [4.69, 9.17) is 24.4 Å². The minimum atomic E-state index is -4.37. The SMILES string of the molecule is CC(O)C(C)C(O)CC(F)(F)F.O=C(O)c1ccccc1.c1ccc(OPOc2ccccc2)cc1. The van der Waals surface area contributed by atoms with Gasteiger partial charge in [-0.2, -0.15) is 13.2 Å². The fourth-order valence-electron chi connectivity index (χ4n) is 2.42. The third kappa shape index (κ3) is 14.3. The lowest BCUT2D eigenvalue weighted by atomic mass is 9.97. The molecule has 3 aromatic carbocycles. The number of hydrogen-bond acceptors (Lipinski definition) is 5. The van der Waals surface area contributed by atoms with Gasteiger partial charge in [0.05, 0.1) is 24.2 Å². The summed E-state index contributed by atoms with van der Waals surface area (Å²) >= 11 is 0. The van der Waals surface area contributed by atoms with Crippen molar-refractivity contribution in [2.24, 2.45) is 5.92 Å². The largest absolute Gasteiger partial charge is 0.478 e. The van der Waals surface area contributed by atoms with Gasteiger partial charge in [-0.05, 0) is 43.3 Å². The van der Waals surface area contributed by atoms with Gasteiger partial charge in [0, 0.05) is 5.92 Å². The highest BCUT2D eigenvalue weighted by atomic mass is 31.1. The van der Waals surface area contributed by atoms with Crippen molar-refractivity contribution in [2.45, 2.75) is 38.7 Å². The Labute approximate surface area is 210 Å². The van der Waals surface area contributed by atoms with Gasteiger partial charge in [0.15, 0.2) is 0 Å². The first-order valence-electron chi connectivity index (χ1n) is 10.9. The number of aliphatic hydroxyl groups excluding tert-OH is 2. The lowest BCUT2D eigenvalue weighted by Gasteiger charge is -2.22. The van der Waals surface area contributed by atoms with E-state index in [1.807, 2.05) is 60.7 Å². The topological polar surface area (TPSA) is 96.2 Å². The number of aliphatic hydroxyl groups is 2. The number of carbonyl (C=O) groups is 1. The maximum atomic E-state index is 11.7. The summed E-state index contributed by atoms with van der Waals surface area (Å²) in [4.78, 5) is 10.2. The molecule has 10 heteroatoms. The second kappa shape index (κ2) is 16.5. The van der Waals surface area contributed by atoms with Crippen molar-refractivity contribution in [2.75, 3.05) is 0 Å². The monoisotopic (exact) mass is 526 g/mol. The molecule has 196 valence electrons. The molecule has 3 rings (SSSR count). The summed E-state index contributed by atoms with van der Waals surface area (Å²) in [6.07, 6.45) is -8.09. The quantitative estimate of drug-likeness (QED) is 0.296. The van der Waals surface area contributed by atoms with Crippen molar-refractivity contribution in [3.8, 4) is 11.5 Å². The molecule has 0 bridgehead atoms. The van der Waals surface area contributed by atoms with Gasteiger partial charge in [-0.15, -0.1) is 0 Å². The number of carboxylic acid groups (broad SMARTS) is 1.